The Bertz CT molecular complexity index is 1150. The molecule has 35 heavy (non-hydrogen) atoms. The molecule has 0 saturated carbocycles. The summed E-state index contributed by atoms with van der Waals surface area (Å²) in [4.78, 5) is 27.9. The average Bonchev–Trinajstić information content (AvgIpc) is 2.81. The fraction of sp³-hybridized carbons (Fsp3) is 0.462. The topological polar surface area (TPSA) is 96.0 Å². The quantitative estimate of drug-likeness (QED) is 0.507. The van der Waals surface area contributed by atoms with Crippen LogP contribution in [0.5, 0.6) is 5.75 Å². The molecule has 192 valence electrons. The van der Waals surface area contributed by atoms with Crippen LogP contribution in [0.15, 0.2) is 42.5 Å². The fourth-order valence-corrected chi connectivity index (χ4v) is 4.35. The highest BCUT2D eigenvalue weighted by Gasteiger charge is 2.30. The molecule has 0 aliphatic carbocycles. The molecule has 0 aliphatic rings. The lowest BCUT2D eigenvalue weighted by Crippen LogP contribution is -2.52. The summed E-state index contributed by atoms with van der Waals surface area (Å²) < 4.78 is 31.7. The predicted octanol–water partition coefficient (Wildman–Crippen LogP) is 3.41. The first-order chi connectivity index (χ1) is 16.4. The minimum atomic E-state index is -3.76. The Labute approximate surface area is 209 Å². The highest BCUT2D eigenvalue weighted by molar-refractivity contribution is 7.92. The number of carbonyl (C=O) groups excluding carboxylic acids is 2. The van der Waals surface area contributed by atoms with Crippen molar-refractivity contribution in [1.29, 1.82) is 0 Å². The summed E-state index contributed by atoms with van der Waals surface area (Å²) in [5.74, 6) is -0.157. The average molecular weight is 504 g/mol. The van der Waals surface area contributed by atoms with E-state index in [1.807, 2.05) is 39.8 Å². The smallest absolute Gasteiger partial charge is 0.244 e. The Morgan fingerprint density at radius 2 is 1.74 bits per heavy atom. The molecule has 0 aromatic heterocycles. The van der Waals surface area contributed by atoms with Gasteiger partial charge in [-0.1, -0.05) is 25.1 Å². The summed E-state index contributed by atoms with van der Waals surface area (Å²) in [6, 6.07) is 11.6. The fourth-order valence-electron chi connectivity index (χ4n) is 3.51. The summed E-state index contributed by atoms with van der Waals surface area (Å²) in [7, 11) is -2.21. The summed E-state index contributed by atoms with van der Waals surface area (Å²) in [6.07, 6.45) is 1.82. The summed E-state index contributed by atoms with van der Waals surface area (Å²) in [5, 5.41) is 2.91. The van der Waals surface area contributed by atoms with Crippen molar-refractivity contribution in [3.8, 4) is 5.75 Å². The van der Waals surface area contributed by atoms with Gasteiger partial charge in [-0.15, -0.1) is 0 Å². The zero-order valence-electron chi connectivity index (χ0n) is 21.7. The molecule has 0 radical (unpaired) electrons. The Morgan fingerprint density at radius 3 is 2.31 bits per heavy atom. The third-order valence-corrected chi connectivity index (χ3v) is 7.25. The van der Waals surface area contributed by atoms with Gasteiger partial charge in [0.15, 0.2) is 0 Å². The van der Waals surface area contributed by atoms with Crippen LogP contribution in [0.4, 0.5) is 5.69 Å². The second kappa shape index (κ2) is 12.1. The van der Waals surface area contributed by atoms with Crippen LogP contribution in [0, 0.1) is 13.8 Å². The highest BCUT2D eigenvalue weighted by atomic mass is 32.2. The van der Waals surface area contributed by atoms with Crippen LogP contribution in [0.25, 0.3) is 0 Å². The molecule has 0 spiro atoms. The molecule has 2 aromatic rings. The maximum Gasteiger partial charge on any atom is 0.244 e. The maximum atomic E-state index is 13.6. The second-order valence-corrected chi connectivity index (χ2v) is 10.8. The lowest BCUT2D eigenvalue weighted by molar-refractivity contribution is -0.139. The number of rotatable bonds is 11. The van der Waals surface area contributed by atoms with E-state index in [0.717, 1.165) is 33.7 Å². The van der Waals surface area contributed by atoms with Gasteiger partial charge in [0.25, 0.3) is 0 Å². The van der Waals surface area contributed by atoms with E-state index >= 15 is 0 Å². The van der Waals surface area contributed by atoms with Gasteiger partial charge in [0.05, 0.1) is 19.1 Å². The zero-order chi connectivity index (χ0) is 26.3. The third kappa shape index (κ3) is 7.71. The monoisotopic (exact) mass is 503 g/mol. The first-order valence-corrected chi connectivity index (χ1v) is 13.5. The van der Waals surface area contributed by atoms with E-state index in [-0.39, 0.29) is 18.5 Å². The lowest BCUT2D eigenvalue weighted by atomic mass is 10.1. The summed E-state index contributed by atoms with van der Waals surface area (Å²) in [5.41, 5.74) is 3.10. The van der Waals surface area contributed by atoms with E-state index in [4.69, 9.17) is 4.74 Å². The molecule has 2 amide bonds. The number of anilines is 1. The Morgan fingerprint density at radius 1 is 1.06 bits per heavy atom. The number of ether oxygens (including phenoxy) is 1. The molecular formula is C26H37N3O5S. The van der Waals surface area contributed by atoms with Crippen molar-refractivity contribution in [2.45, 2.75) is 59.7 Å². The molecule has 0 bridgehead atoms. The number of sulfonamides is 1. The van der Waals surface area contributed by atoms with Gasteiger partial charge in [-0.05, 0) is 75.1 Å². The van der Waals surface area contributed by atoms with Gasteiger partial charge in [-0.25, -0.2) is 8.42 Å². The normalized spacial score (nSPS) is 13.0. The van der Waals surface area contributed by atoms with E-state index in [1.54, 1.807) is 44.4 Å². The molecule has 0 heterocycles. The number of benzene rings is 2. The number of hydrogen-bond acceptors (Lipinski definition) is 5. The Hall–Kier alpha value is -3.07. The number of nitrogens with one attached hydrogen (secondary N) is 1. The molecule has 2 aromatic carbocycles. The van der Waals surface area contributed by atoms with Crippen molar-refractivity contribution < 1.29 is 22.7 Å². The second-order valence-electron chi connectivity index (χ2n) is 8.91. The molecule has 1 N–H and O–H groups in total. The van der Waals surface area contributed by atoms with E-state index < -0.39 is 28.5 Å². The van der Waals surface area contributed by atoms with Crippen molar-refractivity contribution >= 4 is 27.5 Å². The van der Waals surface area contributed by atoms with Gasteiger partial charge < -0.3 is 15.0 Å². The van der Waals surface area contributed by atoms with Crippen LogP contribution in [0.1, 0.15) is 43.9 Å². The summed E-state index contributed by atoms with van der Waals surface area (Å²) in [6.45, 7) is 9.02. The van der Waals surface area contributed by atoms with Crippen molar-refractivity contribution in [2.75, 3.05) is 24.2 Å². The number of methoxy groups -OCH3 is 1. The Balaban J connectivity index is 2.42. The minimum absolute atomic E-state index is 0.0539. The van der Waals surface area contributed by atoms with Gasteiger partial charge in [-0.3, -0.25) is 13.9 Å². The number of carbonyl (C=O) groups is 2. The van der Waals surface area contributed by atoms with E-state index in [1.165, 1.54) is 4.90 Å². The van der Waals surface area contributed by atoms with E-state index in [9.17, 15) is 18.0 Å². The molecule has 0 saturated heterocycles. The van der Waals surface area contributed by atoms with E-state index in [2.05, 4.69) is 5.32 Å². The molecule has 2 rings (SSSR count). The highest BCUT2D eigenvalue weighted by Crippen LogP contribution is 2.22. The lowest BCUT2D eigenvalue weighted by Gasteiger charge is -2.32. The number of hydrogen-bond donors (Lipinski definition) is 1. The molecule has 8 nitrogen and oxygen atoms in total. The summed E-state index contributed by atoms with van der Waals surface area (Å²) >= 11 is 0. The van der Waals surface area contributed by atoms with Gasteiger partial charge in [-0.2, -0.15) is 0 Å². The zero-order valence-corrected chi connectivity index (χ0v) is 22.5. The van der Waals surface area contributed by atoms with Crippen molar-refractivity contribution in [3.05, 3.63) is 59.2 Å². The van der Waals surface area contributed by atoms with E-state index in [0.29, 0.717) is 11.4 Å². The molecule has 2 atom stereocenters. The molecular weight excluding hydrogens is 466 g/mol. The molecule has 0 unspecified atom stereocenters. The van der Waals surface area contributed by atoms with Crippen LogP contribution < -0.4 is 14.4 Å². The first-order valence-electron chi connectivity index (χ1n) is 11.6. The van der Waals surface area contributed by atoms with Crippen LogP contribution in [0.3, 0.4) is 0 Å². The van der Waals surface area contributed by atoms with Crippen molar-refractivity contribution in [3.63, 3.8) is 0 Å². The minimum Gasteiger partial charge on any atom is -0.497 e. The maximum absolute atomic E-state index is 13.6. The van der Waals surface area contributed by atoms with Crippen LogP contribution in [0.2, 0.25) is 0 Å². The third-order valence-electron chi connectivity index (χ3n) is 6.11. The van der Waals surface area contributed by atoms with Gasteiger partial charge >= 0.3 is 0 Å². The van der Waals surface area contributed by atoms with Gasteiger partial charge in [0.2, 0.25) is 21.8 Å². The number of aryl methyl sites for hydroxylation is 2. The molecule has 0 aliphatic heterocycles. The Kier molecular flexibility index (Phi) is 9.71. The number of amides is 2. The standard InChI is InChI=1S/C26H37N3O5S/c1-8-20(4)27-26(31)21(5)28(16-22-10-9-11-24(15-22)34-6)25(30)17-29(35(7,32)33)23-13-12-18(2)19(3)14-23/h9-15,20-21H,8,16-17H2,1-7H3,(H,27,31)/t20-,21-/m1/s1. The molecule has 9 heteroatoms. The SMILES string of the molecule is CC[C@@H](C)NC(=O)[C@@H](C)N(Cc1cccc(OC)c1)C(=O)CN(c1ccc(C)c(C)c1)S(C)(=O)=O. The largest absolute Gasteiger partial charge is 0.497 e. The van der Waals surface area contributed by atoms with Gasteiger partial charge in [0, 0.05) is 12.6 Å². The van der Waals surface area contributed by atoms with Gasteiger partial charge in [0.1, 0.15) is 18.3 Å². The van der Waals surface area contributed by atoms with Crippen molar-refractivity contribution in [2.24, 2.45) is 0 Å². The predicted molar refractivity (Wildman–Crippen MR) is 139 cm³/mol. The molecule has 0 fully saturated rings. The number of nitrogens with zero attached hydrogens (tertiary/aromatic N) is 2. The van der Waals surface area contributed by atoms with Crippen LogP contribution in [-0.4, -0.2) is 57.1 Å². The first kappa shape index (κ1) is 28.2. The van der Waals surface area contributed by atoms with Crippen LogP contribution in [-0.2, 0) is 26.2 Å². The van der Waals surface area contributed by atoms with Crippen LogP contribution >= 0.6 is 0 Å². The van der Waals surface area contributed by atoms with Crippen molar-refractivity contribution in [1.82, 2.24) is 10.2 Å².